The molecule has 0 spiro atoms. The predicted molar refractivity (Wildman–Crippen MR) is 28.1 cm³/mol. The Labute approximate surface area is 46.3 Å². The van der Waals surface area contributed by atoms with Gasteiger partial charge in [0.05, 0.1) is 6.54 Å². The highest BCUT2D eigenvalue weighted by Crippen LogP contribution is 2.10. The molecule has 0 unspecified atom stereocenters. The normalized spacial score (nSPS) is 15.0. The zero-order valence-electron chi connectivity index (χ0n) is 4.33. The number of aromatic nitrogens is 3. The molecule has 1 aliphatic heterocycles. The van der Waals surface area contributed by atoms with Gasteiger partial charge in [-0.1, -0.05) is 0 Å². The Morgan fingerprint density at radius 3 is 2.75 bits per heavy atom. The summed E-state index contributed by atoms with van der Waals surface area (Å²) in [4.78, 5) is 3.93. The number of anilines is 1. The number of nitrogen functional groups attached to an aromatic ring is 1. The Bertz CT molecular complexity index is 192. The fourth-order valence-electron chi connectivity index (χ4n) is 0.811. The predicted octanol–water partition coefficient (Wildman–Crippen LogP) is -0.584. The number of hydrogen-bond acceptors (Lipinski definition) is 3. The lowest BCUT2D eigenvalue weighted by Crippen LogP contribution is -2.18. The molecular weight excluding hydrogens is 104 g/mol. The van der Waals surface area contributed by atoms with Crippen LogP contribution in [0.25, 0.3) is 0 Å². The van der Waals surface area contributed by atoms with Gasteiger partial charge in [0.1, 0.15) is 5.82 Å². The van der Waals surface area contributed by atoms with Gasteiger partial charge in [0.15, 0.2) is 0 Å². The van der Waals surface area contributed by atoms with Crippen LogP contribution < -0.4 is 5.73 Å². The molecule has 2 heterocycles. The molecule has 0 saturated heterocycles. The first-order valence-corrected chi connectivity index (χ1v) is 2.55. The number of fused-ring (bicyclic) bond motifs is 1. The number of nitrogens with zero attached hydrogens (tertiary/aromatic N) is 3. The molecule has 0 fully saturated rings. The quantitative estimate of drug-likeness (QED) is 0.486. The van der Waals surface area contributed by atoms with E-state index >= 15 is 0 Å². The molecule has 0 amide bonds. The van der Waals surface area contributed by atoms with Crippen molar-refractivity contribution in [2.45, 2.75) is 13.0 Å². The van der Waals surface area contributed by atoms with Gasteiger partial charge in [-0.15, -0.1) is 5.10 Å². The van der Waals surface area contributed by atoms with Gasteiger partial charge in [0, 0.05) is 6.42 Å². The maximum atomic E-state index is 5.28. The molecule has 42 valence electrons. The SMILES string of the molecule is Nc1nc2n(n1)CC2. The first-order chi connectivity index (χ1) is 3.86. The lowest BCUT2D eigenvalue weighted by atomic mass is 10.3. The van der Waals surface area contributed by atoms with E-state index in [0.717, 1.165) is 18.8 Å². The largest absolute Gasteiger partial charge is 0.366 e. The average molecular weight is 110 g/mol. The highest BCUT2D eigenvalue weighted by Gasteiger charge is 2.15. The van der Waals surface area contributed by atoms with E-state index < -0.39 is 0 Å². The second-order valence-electron chi connectivity index (χ2n) is 1.86. The molecule has 1 aromatic heterocycles. The van der Waals surface area contributed by atoms with E-state index in [0.29, 0.717) is 5.95 Å². The molecule has 0 aromatic carbocycles. The summed E-state index contributed by atoms with van der Waals surface area (Å²) in [6, 6.07) is 0. The summed E-state index contributed by atoms with van der Waals surface area (Å²) in [5.74, 6) is 1.42. The number of rotatable bonds is 0. The Morgan fingerprint density at radius 1 is 1.62 bits per heavy atom. The maximum absolute atomic E-state index is 5.28. The van der Waals surface area contributed by atoms with Crippen LogP contribution in [0.5, 0.6) is 0 Å². The molecule has 0 saturated carbocycles. The van der Waals surface area contributed by atoms with Crippen molar-refractivity contribution < 1.29 is 0 Å². The first kappa shape index (κ1) is 3.88. The molecule has 8 heavy (non-hydrogen) atoms. The fraction of sp³-hybridized carbons (Fsp3) is 0.500. The second-order valence-corrected chi connectivity index (χ2v) is 1.86. The van der Waals surface area contributed by atoms with Crippen LogP contribution >= 0.6 is 0 Å². The van der Waals surface area contributed by atoms with Crippen LogP contribution in [-0.4, -0.2) is 14.8 Å². The van der Waals surface area contributed by atoms with E-state index in [2.05, 4.69) is 10.1 Å². The molecule has 0 atom stereocenters. The summed E-state index contributed by atoms with van der Waals surface area (Å²) < 4.78 is 1.81. The lowest BCUT2D eigenvalue weighted by molar-refractivity contribution is 0.480. The van der Waals surface area contributed by atoms with E-state index in [1.807, 2.05) is 4.68 Å². The van der Waals surface area contributed by atoms with Gasteiger partial charge in [-0.2, -0.15) is 4.98 Å². The minimum atomic E-state index is 0.400. The van der Waals surface area contributed by atoms with Crippen LogP contribution in [0, 0.1) is 0 Å². The molecule has 0 aliphatic carbocycles. The average Bonchev–Trinajstić information content (AvgIpc) is 1.91. The summed E-state index contributed by atoms with van der Waals surface area (Å²) in [5.41, 5.74) is 5.28. The summed E-state index contributed by atoms with van der Waals surface area (Å²) >= 11 is 0. The van der Waals surface area contributed by atoms with E-state index in [1.165, 1.54) is 0 Å². The smallest absolute Gasteiger partial charge is 0.239 e. The Morgan fingerprint density at radius 2 is 2.50 bits per heavy atom. The number of nitrogens with two attached hydrogens (primary N) is 1. The summed E-state index contributed by atoms with van der Waals surface area (Å²) in [6.45, 7) is 0.986. The highest BCUT2D eigenvalue weighted by molar-refractivity contribution is 5.16. The summed E-state index contributed by atoms with van der Waals surface area (Å²) in [7, 11) is 0. The molecule has 4 nitrogen and oxygen atoms in total. The Kier molecular flexibility index (Phi) is 0.494. The molecule has 2 N–H and O–H groups in total. The first-order valence-electron chi connectivity index (χ1n) is 2.55. The molecule has 4 heteroatoms. The third-order valence-electron chi connectivity index (χ3n) is 1.31. The molecule has 0 radical (unpaired) electrons. The summed E-state index contributed by atoms with van der Waals surface area (Å²) in [5, 5.41) is 3.88. The minimum absolute atomic E-state index is 0.400. The Balaban J connectivity index is 2.61. The van der Waals surface area contributed by atoms with Crippen LogP contribution in [0.4, 0.5) is 5.95 Å². The van der Waals surface area contributed by atoms with Gasteiger partial charge in [0.2, 0.25) is 5.95 Å². The zero-order chi connectivity index (χ0) is 5.56. The van der Waals surface area contributed by atoms with Crippen molar-refractivity contribution in [2.75, 3.05) is 5.73 Å². The van der Waals surface area contributed by atoms with E-state index in [-0.39, 0.29) is 0 Å². The van der Waals surface area contributed by atoms with Crippen molar-refractivity contribution in [3.63, 3.8) is 0 Å². The van der Waals surface area contributed by atoms with Crippen LogP contribution in [0.15, 0.2) is 0 Å². The van der Waals surface area contributed by atoms with Gasteiger partial charge in [-0.3, -0.25) is 0 Å². The second kappa shape index (κ2) is 1.02. The van der Waals surface area contributed by atoms with Gasteiger partial charge in [0.25, 0.3) is 0 Å². The zero-order valence-corrected chi connectivity index (χ0v) is 4.33. The number of hydrogen-bond donors (Lipinski definition) is 1. The number of aryl methyl sites for hydroxylation is 2. The van der Waals surface area contributed by atoms with Crippen molar-refractivity contribution in [3.8, 4) is 0 Å². The topological polar surface area (TPSA) is 56.7 Å². The van der Waals surface area contributed by atoms with Gasteiger partial charge >= 0.3 is 0 Å². The van der Waals surface area contributed by atoms with Gasteiger partial charge in [-0.25, -0.2) is 4.68 Å². The maximum Gasteiger partial charge on any atom is 0.239 e. The monoisotopic (exact) mass is 110 g/mol. The molecule has 1 aromatic rings. The molecular formula is C4H6N4. The summed E-state index contributed by atoms with van der Waals surface area (Å²) in [6.07, 6.45) is 1.03. The van der Waals surface area contributed by atoms with Crippen molar-refractivity contribution in [1.29, 1.82) is 0 Å². The lowest BCUT2D eigenvalue weighted by Gasteiger charge is -2.11. The van der Waals surface area contributed by atoms with Crippen LogP contribution in [-0.2, 0) is 13.0 Å². The van der Waals surface area contributed by atoms with E-state index in [4.69, 9.17) is 5.73 Å². The molecule has 2 rings (SSSR count). The van der Waals surface area contributed by atoms with Crippen LogP contribution in [0.1, 0.15) is 5.82 Å². The van der Waals surface area contributed by atoms with Gasteiger partial charge < -0.3 is 5.73 Å². The third-order valence-corrected chi connectivity index (χ3v) is 1.31. The molecule has 0 bridgehead atoms. The highest BCUT2D eigenvalue weighted by atomic mass is 15.4. The molecule has 1 aliphatic rings. The minimum Gasteiger partial charge on any atom is -0.366 e. The van der Waals surface area contributed by atoms with Crippen molar-refractivity contribution in [1.82, 2.24) is 14.8 Å². The van der Waals surface area contributed by atoms with Crippen LogP contribution in [0.2, 0.25) is 0 Å². The van der Waals surface area contributed by atoms with Crippen molar-refractivity contribution in [3.05, 3.63) is 5.82 Å². The van der Waals surface area contributed by atoms with Gasteiger partial charge in [-0.05, 0) is 0 Å². The van der Waals surface area contributed by atoms with E-state index in [9.17, 15) is 0 Å². The fourth-order valence-corrected chi connectivity index (χ4v) is 0.811. The van der Waals surface area contributed by atoms with Crippen molar-refractivity contribution in [2.24, 2.45) is 0 Å². The third kappa shape index (κ3) is 0.302. The van der Waals surface area contributed by atoms with Crippen molar-refractivity contribution >= 4 is 5.95 Å². The Hall–Kier alpha value is -1.06. The standard InChI is InChI=1S/C4H6N4/c5-4-6-3-1-2-8(3)7-4/h1-2H2,(H2,5,7). The van der Waals surface area contributed by atoms with E-state index in [1.54, 1.807) is 0 Å². The van der Waals surface area contributed by atoms with Crippen LogP contribution in [0.3, 0.4) is 0 Å².